The van der Waals surface area contributed by atoms with Crippen molar-refractivity contribution in [2.24, 2.45) is 5.92 Å². The molecule has 1 saturated heterocycles. The number of hydrogen-bond donors (Lipinski definition) is 1. The van der Waals surface area contributed by atoms with Crippen LogP contribution in [-0.4, -0.2) is 45.8 Å². The smallest absolute Gasteiger partial charge is 0.224 e. The van der Waals surface area contributed by atoms with Crippen LogP contribution in [0.3, 0.4) is 0 Å². The highest BCUT2D eigenvalue weighted by molar-refractivity contribution is 5.79. The van der Waals surface area contributed by atoms with E-state index in [1.54, 1.807) is 0 Å². The molecule has 1 aliphatic heterocycles. The lowest BCUT2D eigenvalue weighted by Gasteiger charge is -2.34. The SMILES string of the molecule is Cc1nc([C@H]2CCCN(C(=O)CC3CCCCC3)C2)nc(C)c1CC(=O)NC1CCCC1. The summed E-state index contributed by atoms with van der Waals surface area (Å²) in [6.45, 7) is 5.57. The second-order valence-electron chi connectivity index (χ2n) is 10.3. The summed E-state index contributed by atoms with van der Waals surface area (Å²) in [7, 11) is 0. The van der Waals surface area contributed by atoms with Crippen molar-refractivity contribution in [1.29, 1.82) is 0 Å². The summed E-state index contributed by atoms with van der Waals surface area (Å²) < 4.78 is 0. The highest BCUT2D eigenvalue weighted by Crippen LogP contribution is 2.30. The Morgan fingerprint density at radius 1 is 0.906 bits per heavy atom. The minimum Gasteiger partial charge on any atom is -0.353 e. The first-order valence-corrected chi connectivity index (χ1v) is 12.9. The predicted molar refractivity (Wildman–Crippen MR) is 125 cm³/mol. The van der Waals surface area contributed by atoms with Crippen LogP contribution >= 0.6 is 0 Å². The van der Waals surface area contributed by atoms with Crippen LogP contribution in [0.2, 0.25) is 0 Å². The number of nitrogens with one attached hydrogen (secondary N) is 1. The van der Waals surface area contributed by atoms with Gasteiger partial charge in [-0.05, 0) is 58.3 Å². The van der Waals surface area contributed by atoms with Gasteiger partial charge in [-0.15, -0.1) is 0 Å². The number of piperidine rings is 1. The Bertz CT molecular complexity index is 789. The molecule has 6 heteroatoms. The Balaban J connectivity index is 1.37. The van der Waals surface area contributed by atoms with E-state index in [0.29, 0.717) is 30.7 Å². The second kappa shape index (κ2) is 10.8. The molecule has 1 aromatic rings. The van der Waals surface area contributed by atoms with Crippen molar-refractivity contribution in [2.75, 3.05) is 13.1 Å². The summed E-state index contributed by atoms with van der Waals surface area (Å²) in [6.07, 6.45) is 14.0. The van der Waals surface area contributed by atoms with Gasteiger partial charge < -0.3 is 10.2 Å². The van der Waals surface area contributed by atoms with Crippen LogP contribution in [0.4, 0.5) is 0 Å². The van der Waals surface area contributed by atoms with E-state index in [1.807, 2.05) is 13.8 Å². The first kappa shape index (κ1) is 23.2. The molecule has 176 valence electrons. The lowest BCUT2D eigenvalue weighted by Crippen LogP contribution is -2.40. The van der Waals surface area contributed by atoms with Crippen LogP contribution in [0.25, 0.3) is 0 Å². The van der Waals surface area contributed by atoms with Gasteiger partial charge in [-0.2, -0.15) is 0 Å². The molecule has 6 nitrogen and oxygen atoms in total. The molecule has 4 rings (SSSR count). The molecule has 0 spiro atoms. The maximum Gasteiger partial charge on any atom is 0.224 e. The number of aryl methyl sites for hydroxylation is 2. The molecular formula is C26H40N4O2. The largest absolute Gasteiger partial charge is 0.353 e. The maximum atomic E-state index is 12.9. The van der Waals surface area contributed by atoms with E-state index >= 15 is 0 Å². The first-order valence-electron chi connectivity index (χ1n) is 12.9. The average molecular weight is 441 g/mol. The highest BCUT2D eigenvalue weighted by atomic mass is 16.2. The van der Waals surface area contributed by atoms with Gasteiger partial charge in [0.25, 0.3) is 0 Å². The third-order valence-corrected chi connectivity index (χ3v) is 7.82. The van der Waals surface area contributed by atoms with Crippen molar-refractivity contribution < 1.29 is 9.59 Å². The quantitative estimate of drug-likeness (QED) is 0.713. The van der Waals surface area contributed by atoms with E-state index in [-0.39, 0.29) is 11.8 Å². The van der Waals surface area contributed by atoms with Crippen LogP contribution < -0.4 is 5.32 Å². The van der Waals surface area contributed by atoms with Crippen LogP contribution in [0.5, 0.6) is 0 Å². The molecule has 32 heavy (non-hydrogen) atoms. The molecule has 0 unspecified atom stereocenters. The molecule has 2 amide bonds. The van der Waals surface area contributed by atoms with E-state index < -0.39 is 0 Å². The van der Waals surface area contributed by atoms with Crippen molar-refractivity contribution in [1.82, 2.24) is 20.2 Å². The third-order valence-electron chi connectivity index (χ3n) is 7.82. The highest BCUT2D eigenvalue weighted by Gasteiger charge is 2.29. The van der Waals surface area contributed by atoms with E-state index in [9.17, 15) is 9.59 Å². The van der Waals surface area contributed by atoms with Gasteiger partial charge in [0.15, 0.2) is 0 Å². The summed E-state index contributed by atoms with van der Waals surface area (Å²) in [5.74, 6) is 2.01. The summed E-state index contributed by atoms with van der Waals surface area (Å²) in [5.41, 5.74) is 2.75. The Hall–Kier alpha value is -1.98. The lowest BCUT2D eigenvalue weighted by atomic mass is 9.86. The Labute approximate surface area is 193 Å². The summed E-state index contributed by atoms with van der Waals surface area (Å²) in [6, 6.07) is 0.336. The number of nitrogens with zero attached hydrogens (tertiary/aromatic N) is 3. The molecule has 2 heterocycles. The van der Waals surface area contributed by atoms with Crippen molar-refractivity contribution in [3.63, 3.8) is 0 Å². The van der Waals surface area contributed by atoms with Gasteiger partial charge >= 0.3 is 0 Å². The molecule has 0 bridgehead atoms. The van der Waals surface area contributed by atoms with Crippen LogP contribution in [0.15, 0.2) is 0 Å². The monoisotopic (exact) mass is 440 g/mol. The Morgan fingerprint density at radius 2 is 1.56 bits per heavy atom. The summed E-state index contributed by atoms with van der Waals surface area (Å²) in [5, 5.41) is 3.17. The normalized spacial score (nSPS) is 22.8. The topological polar surface area (TPSA) is 75.2 Å². The minimum absolute atomic E-state index is 0.0802. The third kappa shape index (κ3) is 5.87. The Morgan fingerprint density at radius 3 is 2.25 bits per heavy atom. The van der Waals surface area contributed by atoms with Crippen molar-refractivity contribution in [3.05, 3.63) is 22.8 Å². The Kier molecular flexibility index (Phi) is 7.80. The zero-order valence-electron chi connectivity index (χ0n) is 20.0. The second-order valence-corrected chi connectivity index (χ2v) is 10.3. The van der Waals surface area contributed by atoms with Crippen molar-refractivity contribution in [2.45, 2.75) is 109 Å². The lowest BCUT2D eigenvalue weighted by molar-refractivity contribution is -0.133. The van der Waals surface area contributed by atoms with Gasteiger partial charge in [0.05, 0.1) is 6.42 Å². The van der Waals surface area contributed by atoms with E-state index in [2.05, 4.69) is 10.2 Å². The first-order chi connectivity index (χ1) is 15.5. The van der Waals surface area contributed by atoms with Gasteiger partial charge in [0, 0.05) is 48.4 Å². The van der Waals surface area contributed by atoms with Crippen LogP contribution in [-0.2, 0) is 16.0 Å². The number of likely N-dealkylation sites (tertiary alicyclic amines) is 1. The molecule has 1 aromatic heterocycles. The maximum absolute atomic E-state index is 12.9. The van der Waals surface area contributed by atoms with Gasteiger partial charge in [0.2, 0.25) is 11.8 Å². The fourth-order valence-corrected chi connectivity index (χ4v) is 5.89. The van der Waals surface area contributed by atoms with Gasteiger partial charge in [-0.3, -0.25) is 9.59 Å². The average Bonchev–Trinajstić information content (AvgIpc) is 3.30. The number of amides is 2. The fourth-order valence-electron chi connectivity index (χ4n) is 5.89. The van der Waals surface area contributed by atoms with Gasteiger partial charge in [-0.25, -0.2) is 9.97 Å². The van der Waals surface area contributed by atoms with Gasteiger partial charge in [0.1, 0.15) is 5.82 Å². The van der Waals surface area contributed by atoms with Crippen LogP contribution in [0.1, 0.15) is 106 Å². The summed E-state index contributed by atoms with van der Waals surface area (Å²) >= 11 is 0. The van der Waals surface area contributed by atoms with E-state index in [0.717, 1.165) is 61.5 Å². The number of hydrogen-bond acceptors (Lipinski definition) is 4. The molecule has 1 N–H and O–H groups in total. The number of aromatic nitrogens is 2. The molecule has 3 aliphatic rings. The zero-order chi connectivity index (χ0) is 22.5. The molecule has 0 aromatic carbocycles. The van der Waals surface area contributed by atoms with Crippen molar-refractivity contribution in [3.8, 4) is 0 Å². The number of rotatable bonds is 6. The summed E-state index contributed by atoms with van der Waals surface area (Å²) in [4.78, 5) is 37.2. The van der Waals surface area contributed by atoms with E-state index in [1.165, 1.54) is 44.9 Å². The zero-order valence-corrected chi connectivity index (χ0v) is 20.0. The molecule has 3 fully saturated rings. The molecular weight excluding hydrogens is 400 g/mol. The molecule has 0 radical (unpaired) electrons. The molecule has 2 aliphatic carbocycles. The van der Waals surface area contributed by atoms with E-state index in [4.69, 9.17) is 9.97 Å². The predicted octanol–water partition coefficient (Wildman–Crippen LogP) is 4.37. The molecule has 2 saturated carbocycles. The fraction of sp³-hybridized carbons (Fsp3) is 0.769. The van der Waals surface area contributed by atoms with Crippen molar-refractivity contribution >= 4 is 11.8 Å². The number of carbonyl (C=O) groups is 2. The standard InChI is InChI=1S/C26H40N4O2/c1-18-23(16-24(31)29-22-12-6-7-13-22)19(2)28-26(27-18)21-11-8-14-30(17-21)25(32)15-20-9-4-3-5-10-20/h20-22H,3-17H2,1-2H3,(H,29,31)/t21-/m0/s1. The van der Waals surface area contributed by atoms with Crippen LogP contribution in [0, 0.1) is 19.8 Å². The van der Waals surface area contributed by atoms with Gasteiger partial charge in [-0.1, -0.05) is 32.1 Å². The number of carbonyl (C=O) groups excluding carboxylic acids is 2. The minimum atomic E-state index is 0.0802. The molecule has 1 atom stereocenters.